The van der Waals surface area contributed by atoms with E-state index in [2.05, 4.69) is 22.4 Å². The maximum atomic E-state index is 12.6. The number of nitrogens with zero attached hydrogens (tertiary/aromatic N) is 3. The number of aromatic nitrogens is 1. The van der Waals surface area contributed by atoms with E-state index in [1.807, 2.05) is 6.07 Å². The lowest BCUT2D eigenvalue weighted by Crippen LogP contribution is -2.08. The molecule has 3 rings (SSSR count). The molecule has 0 saturated carbocycles. The van der Waals surface area contributed by atoms with E-state index in [0.717, 1.165) is 11.8 Å². The fourth-order valence-electron chi connectivity index (χ4n) is 2.72. The van der Waals surface area contributed by atoms with Crippen LogP contribution in [0.2, 0.25) is 5.02 Å². The van der Waals surface area contributed by atoms with Crippen LogP contribution in [-0.2, 0) is 0 Å². The number of benzene rings is 2. The summed E-state index contributed by atoms with van der Waals surface area (Å²) < 4.78 is 5.54. The third-order valence-electron chi connectivity index (χ3n) is 3.98. The summed E-state index contributed by atoms with van der Waals surface area (Å²) in [5, 5.41) is 22.5. The van der Waals surface area contributed by atoms with Crippen LogP contribution >= 0.6 is 23.4 Å². The van der Waals surface area contributed by atoms with Gasteiger partial charge in [-0.3, -0.25) is 4.79 Å². The number of nitriles is 2. The Labute approximate surface area is 183 Å². The molecule has 0 aliphatic heterocycles. The van der Waals surface area contributed by atoms with E-state index in [4.69, 9.17) is 16.3 Å². The van der Waals surface area contributed by atoms with Gasteiger partial charge in [0, 0.05) is 16.3 Å². The van der Waals surface area contributed by atoms with Crippen molar-refractivity contribution < 1.29 is 9.53 Å². The minimum atomic E-state index is -0.438. The van der Waals surface area contributed by atoms with Gasteiger partial charge in [0.15, 0.2) is 0 Å². The number of nitrogens with one attached hydrogen (secondary N) is 1. The minimum Gasteiger partial charge on any atom is -0.477 e. The van der Waals surface area contributed by atoms with Gasteiger partial charge in [0.05, 0.1) is 12.2 Å². The number of amides is 1. The Balaban J connectivity index is 2.06. The quantitative estimate of drug-likeness (QED) is 0.504. The molecular weight excluding hydrogens is 420 g/mol. The van der Waals surface area contributed by atoms with Crippen LogP contribution in [0.25, 0.3) is 11.1 Å². The summed E-state index contributed by atoms with van der Waals surface area (Å²) in [5.74, 6) is 0.0830. The van der Waals surface area contributed by atoms with Crippen molar-refractivity contribution in [2.45, 2.75) is 11.9 Å². The van der Waals surface area contributed by atoms with Crippen molar-refractivity contribution in [3.8, 4) is 29.1 Å². The first-order valence-electron chi connectivity index (χ1n) is 8.88. The molecule has 0 aliphatic carbocycles. The number of rotatable bonds is 5. The van der Waals surface area contributed by atoms with Gasteiger partial charge in [-0.25, -0.2) is 4.98 Å². The second kappa shape index (κ2) is 9.80. The number of carbonyl (C=O) groups excluding carboxylic acids is 1. The summed E-state index contributed by atoms with van der Waals surface area (Å²) in [7, 11) is 0. The average molecular weight is 435 g/mol. The summed E-state index contributed by atoms with van der Waals surface area (Å²) in [6.07, 6.45) is 0. The Hall–Kier alpha value is -3.52. The average Bonchev–Trinajstić information content (AvgIpc) is 2.75. The van der Waals surface area contributed by atoms with E-state index < -0.39 is 5.24 Å². The number of hydrogen-bond donors (Lipinski definition) is 1. The van der Waals surface area contributed by atoms with Crippen molar-refractivity contribution in [2.24, 2.45) is 0 Å². The van der Waals surface area contributed by atoms with Gasteiger partial charge < -0.3 is 10.1 Å². The fraction of sp³-hybridized carbons (Fsp3) is 0.0909. The molecule has 1 heterocycles. The van der Waals surface area contributed by atoms with Crippen molar-refractivity contribution in [1.82, 2.24) is 4.98 Å². The Morgan fingerprint density at radius 1 is 1.10 bits per heavy atom. The van der Waals surface area contributed by atoms with E-state index in [9.17, 15) is 15.3 Å². The normalized spacial score (nSPS) is 10.0. The Kier molecular flexibility index (Phi) is 6.92. The molecule has 1 aromatic heterocycles. The van der Waals surface area contributed by atoms with Crippen LogP contribution in [0.4, 0.5) is 10.5 Å². The third-order valence-corrected chi connectivity index (χ3v) is 5.01. The van der Waals surface area contributed by atoms with Gasteiger partial charge in [-0.15, -0.1) is 0 Å². The molecule has 3 aromatic rings. The number of halogens is 1. The highest BCUT2D eigenvalue weighted by atomic mass is 35.5. The van der Waals surface area contributed by atoms with Crippen molar-refractivity contribution in [3.05, 3.63) is 70.7 Å². The number of ether oxygens (including phenoxy) is 1. The van der Waals surface area contributed by atoms with Gasteiger partial charge in [0.2, 0.25) is 5.88 Å². The maximum Gasteiger partial charge on any atom is 0.289 e. The van der Waals surface area contributed by atoms with Gasteiger partial charge in [-0.1, -0.05) is 41.9 Å². The van der Waals surface area contributed by atoms with Crippen LogP contribution in [-0.4, -0.2) is 16.8 Å². The first kappa shape index (κ1) is 21.2. The first-order valence-corrected chi connectivity index (χ1v) is 10.1. The molecular formula is C22H15ClN4O2S. The summed E-state index contributed by atoms with van der Waals surface area (Å²) in [6.45, 7) is 2.05. The molecule has 0 bridgehead atoms. The van der Waals surface area contributed by atoms with Gasteiger partial charge in [-0.05, 0) is 48.5 Å². The number of thioether (sulfide) groups is 1. The molecule has 0 atom stereocenters. The maximum absolute atomic E-state index is 12.6. The van der Waals surface area contributed by atoms with Crippen molar-refractivity contribution in [2.75, 3.05) is 11.9 Å². The van der Waals surface area contributed by atoms with Crippen LogP contribution < -0.4 is 10.1 Å². The van der Waals surface area contributed by atoms with Gasteiger partial charge >= 0.3 is 0 Å². The molecule has 6 nitrogen and oxygen atoms in total. The van der Waals surface area contributed by atoms with E-state index in [1.54, 1.807) is 55.5 Å². The molecule has 0 spiro atoms. The van der Waals surface area contributed by atoms with E-state index in [1.165, 1.54) is 0 Å². The third kappa shape index (κ3) is 4.72. The SMILES string of the molecule is CCOc1nc(SC(=O)Nc2ccc(Cl)cc2)c(C#N)c(-c2ccccc2)c1C#N. The fourth-order valence-corrected chi connectivity index (χ4v) is 3.57. The molecule has 30 heavy (non-hydrogen) atoms. The lowest BCUT2D eigenvalue weighted by Gasteiger charge is -2.14. The van der Waals surface area contributed by atoms with Crippen LogP contribution in [0.3, 0.4) is 0 Å². The largest absolute Gasteiger partial charge is 0.477 e. The summed E-state index contributed by atoms with van der Waals surface area (Å²) in [4.78, 5) is 16.9. The van der Waals surface area contributed by atoms with Crippen LogP contribution in [0.5, 0.6) is 5.88 Å². The highest BCUT2D eigenvalue weighted by Crippen LogP contribution is 2.37. The number of pyridine rings is 1. The van der Waals surface area contributed by atoms with Gasteiger partial charge in [0.25, 0.3) is 5.24 Å². The minimum absolute atomic E-state index is 0.0830. The van der Waals surface area contributed by atoms with Crippen molar-refractivity contribution in [1.29, 1.82) is 10.5 Å². The van der Waals surface area contributed by atoms with E-state index in [0.29, 0.717) is 21.8 Å². The van der Waals surface area contributed by atoms with Crippen molar-refractivity contribution in [3.63, 3.8) is 0 Å². The second-order valence-electron chi connectivity index (χ2n) is 5.89. The highest BCUT2D eigenvalue weighted by Gasteiger charge is 2.24. The monoisotopic (exact) mass is 434 g/mol. The van der Waals surface area contributed by atoms with Crippen LogP contribution in [0.15, 0.2) is 59.6 Å². The summed E-state index contributed by atoms with van der Waals surface area (Å²) in [6, 6.07) is 19.8. The predicted octanol–water partition coefficient (Wildman–Crippen LogP) is 5.87. The van der Waals surface area contributed by atoms with Gasteiger partial charge in [-0.2, -0.15) is 10.5 Å². The lowest BCUT2D eigenvalue weighted by molar-refractivity contribution is 0.269. The smallest absolute Gasteiger partial charge is 0.289 e. The molecule has 0 radical (unpaired) electrons. The number of hydrogen-bond acceptors (Lipinski definition) is 6. The van der Waals surface area contributed by atoms with E-state index in [-0.39, 0.29) is 28.6 Å². The second-order valence-corrected chi connectivity index (χ2v) is 7.29. The number of anilines is 1. The molecule has 0 saturated heterocycles. The molecule has 1 amide bonds. The van der Waals surface area contributed by atoms with Crippen LogP contribution in [0.1, 0.15) is 18.1 Å². The molecule has 2 aromatic carbocycles. The summed E-state index contributed by atoms with van der Waals surface area (Å²) >= 11 is 6.62. The Morgan fingerprint density at radius 3 is 2.37 bits per heavy atom. The molecule has 1 N–H and O–H groups in total. The van der Waals surface area contributed by atoms with Crippen molar-refractivity contribution >= 4 is 34.3 Å². The standard InChI is InChI=1S/C22H15ClN4O2S/c1-2-29-20-17(12-24)19(14-6-4-3-5-7-14)18(13-25)21(27-20)30-22(28)26-16-10-8-15(23)9-11-16/h3-11H,2H2,1H3,(H,26,28). The zero-order valence-corrected chi connectivity index (χ0v) is 17.4. The van der Waals surface area contributed by atoms with Gasteiger partial charge in [0.1, 0.15) is 22.7 Å². The number of carbonyl (C=O) groups is 1. The molecule has 148 valence electrons. The lowest BCUT2D eigenvalue weighted by atomic mass is 9.97. The molecule has 0 unspecified atom stereocenters. The highest BCUT2D eigenvalue weighted by molar-refractivity contribution is 8.13. The Morgan fingerprint density at radius 2 is 1.77 bits per heavy atom. The first-order chi connectivity index (χ1) is 14.6. The molecule has 8 heteroatoms. The molecule has 0 aliphatic rings. The van der Waals surface area contributed by atoms with Crippen LogP contribution in [0, 0.1) is 22.7 Å². The zero-order chi connectivity index (χ0) is 21.5. The Bertz CT molecular complexity index is 1150. The van der Waals surface area contributed by atoms with E-state index >= 15 is 0 Å². The molecule has 0 fully saturated rings. The summed E-state index contributed by atoms with van der Waals surface area (Å²) in [5.41, 5.74) is 1.90. The topological polar surface area (TPSA) is 98.8 Å². The zero-order valence-electron chi connectivity index (χ0n) is 15.8. The predicted molar refractivity (Wildman–Crippen MR) is 117 cm³/mol.